The average molecular weight is 924 g/mol. The molecule has 0 aliphatic heterocycles. The van der Waals surface area contributed by atoms with Crippen LogP contribution in [0.25, 0.3) is 106 Å². The lowest BCUT2D eigenvalue weighted by Crippen LogP contribution is -2.11. The number of fused-ring (bicyclic) bond motifs is 7. The lowest BCUT2D eigenvalue weighted by atomic mass is 9.80. The molecule has 1 aliphatic rings. The molecular weight excluding hydrogens is 867 g/mol. The molecule has 348 valence electrons. The molecule has 1 N–H and O–H groups in total. The van der Waals surface area contributed by atoms with Crippen molar-refractivity contribution >= 4 is 33.0 Å². The first-order chi connectivity index (χ1) is 34.2. The number of phenolic OH excluding ortho intramolecular Hbond substituents is 1. The van der Waals surface area contributed by atoms with Crippen LogP contribution in [0.5, 0.6) is 5.75 Å². The van der Waals surface area contributed by atoms with Crippen LogP contribution in [-0.4, -0.2) is 19.6 Å². The molecule has 0 fully saturated rings. The quantitative estimate of drug-likeness (QED) is 0.180. The standard InChI is InChI=1S/C66H57N3O2/c1-39-16-11-17-40(2)63(39)69-54-35-33-52(60-48(43-19-12-21-46(36-43)65(3,4)5)24-15-25-49(60)44-20-13-22-47(37-44)66(6,7)8)58(45-30-32-51-50-23-9-10-27-56(50)71-57(51)38-45)62(54)68-64(69)53-34-31-42-29-28-41-18-14-26-55(70)59(41)61(42)67-53/h9-27,30-38,70H,28-29H2,1-8H3. The van der Waals surface area contributed by atoms with Gasteiger partial charge in [-0.15, -0.1) is 0 Å². The highest BCUT2D eigenvalue weighted by molar-refractivity contribution is 6.11. The smallest absolute Gasteiger partial charge is 0.164 e. The molecule has 5 nitrogen and oxygen atoms in total. The van der Waals surface area contributed by atoms with Crippen LogP contribution in [0.2, 0.25) is 0 Å². The molecule has 0 amide bonds. The van der Waals surface area contributed by atoms with E-state index in [-0.39, 0.29) is 16.6 Å². The van der Waals surface area contributed by atoms with Crippen molar-refractivity contribution in [3.63, 3.8) is 0 Å². The van der Waals surface area contributed by atoms with Gasteiger partial charge in [0.2, 0.25) is 0 Å². The largest absolute Gasteiger partial charge is 0.507 e. The van der Waals surface area contributed by atoms with Crippen LogP contribution in [-0.2, 0) is 23.7 Å². The van der Waals surface area contributed by atoms with E-state index in [4.69, 9.17) is 14.4 Å². The van der Waals surface area contributed by atoms with Crippen molar-refractivity contribution in [2.75, 3.05) is 0 Å². The number of rotatable bonds is 6. The number of furan rings is 1. The van der Waals surface area contributed by atoms with Gasteiger partial charge in [0, 0.05) is 21.9 Å². The van der Waals surface area contributed by atoms with Gasteiger partial charge in [-0.05, 0) is 146 Å². The number of para-hydroxylation sites is 2. The summed E-state index contributed by atoms with van der Waals surface area (Å²) in [5.74, 6) is 0.982. The molecule has 3 aromatic heterocycles. The number of aryl methyl sites for hydroxylation is 4. The van der Waals surface area contributed by atoms with Crippen molar-refractivity contribution in [3.8, 4) is 78.7 Å². The Labute approximate surface area is 416 Å². The molecule has 0 unspecified atom stereocenters. The molecule has 0 saturated heterocycles. The third-order valence-corrected chi connectivity index (χ3v) is 14.8. The van der Waals surface area contributed by atoms with Crippen LogP contribution in [0.4, 0.5) is 0 Å². The Kier molecular flexibility index (Phi) is 10.3. The minimum atomic E-state index is -0.0522. The zero-order valence-corrected chi connectivity index (χ0v) is 41.8. The summed E-state index contributed by atoms with van der Waals surface area (Å²) in [6, 6.07) is 61.1. The number of hydrogen-bond donors (Lipinski definition) is 1. The Bertz CT molecular complexity index is 3850. The third kappa shape index (κ3) is 7.45. The van der Waals surface area contributed by atoms with Crippen LogP contribution < -0.4 is 0 Å². The van der Waals surface area contributed by atoms with Crippen molar-refractivity contribution in [1.29, 1.82) is 0 Å². The molecule has 0 saturated carbocycles. The van der Waals surface area contributed by atoms with E-state index >= 15 is 0 Å². The first-order valence-electron chi connectivity index (χ1n) is 24.9. The number of benzene rings is 8. The fourth-order valence-electron chi connectivity index (χ4n) is 11.1. The molecule has 0 atom stereocenters. The monoisotopic (exact) mass is 923 g/mol. The van der Waals surface area contributed by atoms with Gasteiger partial charge in [-0.3, -0.25) is 4.57 Å². The van der Waals surface area contributed by atoms with E-state index in [9.17, 15) is 5.11 Å². The molecule has 11 aromatic rings. The predicted octanol–water partition coefficient (Wildman–Crippen LogP) is 17.3. The second kappa shape index (κ2) is 16.6. The van der Waals surface area contributed by atoms with Crippen molar-refractivity contribution in [1.82, 2.24) is 14.5 Å². The number of pyridine rings is 1. The average Bonchev–Trinajstić information content (AvgIpc) is 3.93. The minimum Gasteiger partial charge on any atom is -0.507 e. The van der Waals surface area contributed by atoms with Gasteiger partial charge in [-0.1, -0.05) is 175 Å². The SMILES string of the molecule is Cc1cccc(C)c1-n1c(-c2ccc3c(n2)-c2c(O)cccc2CC3)nc2c(-c3ccc4c(c3)oc3ccccc34)c(-c3c(-c4cccc(C(C)(C)C)c4)cccc3-c3cccc(C(C)(C)C)c3)ccc21. The second-order valence-electron chi connectivity index (χ2n) is 21.6. The highest BCUT2D eigenvalue weighted by Crippen LogP contribution is 2.49. The van der Waals surface area contributed by atoms with Gasteiger partial charge in [-0.2, -0.15) is 0 Å². The number of aromatic hydroxyl groups is 1. The zero-order valence-electron chi connectivity index (χ0n) is 41.8. The molecule has 1 aliphatic carbocycles. The van der Waals surface area contributed by atoms with Gasteiger partial charge in [0.1, 0.15) is 22.6 Å². The lowest BCUT2D eigenvalue weighted by molar-refractivity contribution is 0.476. The highest BCUT2D eigenvalue weighted by atomic mass is 16.3. The van der Waals surface area contributed by atoms with E-state index in [0.717, 1.165) is 141 Å². The van der Waals surface area contributed by atoms with Gasteiger partial charge in [0.25, 0.3) is 0 Å². The summed E-state index contributed by atoms with van der Waals surface area (Å²) < 4.78 is 9.00. The molecular formula is C66H57N3O2. The van der Waals surface area contributed by atoms with Crippen molar-refractivity contribution in [2.45, 2.75) is 79.1 Å². The third-order valence-electron chi connectivity index (χ3n) is 14.8. The summed E-state index contributed by atoms with van der Waals surface area (Å²) in [4.78, 5) is 11.3. The van der Waals surface area contributed by atoms with E-state index in [2.05, 4.69) is 206 Å². The van der Waals surface area contributed by atoms with Gasteiger partial charge in [-0.25, -0.2) is 9.97 Å². The topological polar surface area (TPSA) is 64.1 Å². The minimum absolute atomic E-state index is 0.0522. The maximum atomic E-state index is 11.4. The highest BCUT2D eigenvalue weighted by Gasteiger charge is 2.29. The normalized spacial score (nSPS) is 12.7. The molecule has 3 heterocycles. The number of aromatic nitrogens is 3. The molecule has 0 radical (unpaired) electrons. The number of phenols is 1. The Morgan fingerprint density at radius 1 is 0.493 bits per heavy atom. The summed E-state index contributed by atoms with van der Waals surface area (Å²) in [5.41, 5.74) is 22.7. The summed E-state index contributed by atoms with van der Waals surface area (Å²) >= 11 is 0. The summed E-state index contributed by atoms with van der Waals surface area (Å²) in [7, 11) is 0. The van der Waals surface area contributed by atoms with Crippen LogP contribution in [0.1, 0.15) is 74.9 Å². The van der Waals surface area contributed by atoms with Crippen molar-refractivity contribution < 1.29 is 9.52 Å². The van der Waals surface area contributed by atoms with Crippen LogP contribution in [0, 0.1) is 13.8 Å². The number of nitrogens with zero attached hydrogens (tertiary/aromatic N) is 3. The van der Waals surface area contributed by atoms with Crippen LogP contribution >= 0.6 is 0 Å². The van der Waals surface area contributed by atoms with E-state index in [0.29, 0.717) is 0 Å². The van der Waals surface area contributed by atoms with Crippen LogP contribution in [0.15, 0.2) is 174 Å². The first kappa shape index (κ1) is 44.2. The number of imidazole rings is 1. The summed E-state index contributed by atoms with van der Waals surface area (Å²) in [6.45, 7) is 18.0. The summed E-state index contributed by atoms with van der Waals surface area (Å²) in [6.07, 6.45) is 1.70. The lowest BCUT2D eigenvalue weighted by Gasteiger charge is -2.24. The Morgan fingerprint density at radius 2 is 1.13 bits per heavy atom. The number of hydrogen-bond acceptors (Lipinski definition) is 4. The fraction of sp³-hybridized carbons (Fsp3) is 0.182. The van der Waals surface area contributed by atoms with Gasteiger partial charge in [0.05, 0.1) is 22.4 Å². The Balaban J connectivity index is 1.22. The Hall–Kier alpha value is -8.02. The Morgan fingerprint density at radius 3 is 1.83 bits per heavy atom. The molecule has 5 heteroatoms. The van der Waals surface area contributed by atoms with Crippen LogP contribution in [0.3, 0.4) is 0 Å². The van der Waals surface area contributed by atoms with Gasteiger partial charge in [0.15, 0.2) is 5.82 Å². The molecule has 0 spiro atoms. The first-order valence-corrected chi connectivity index (χ1v) is 24.9. The maximum Gasteiger partial charge on any atom is 0.164 e. The van der Waals surface area contributed by atoms with Crippen molar-refractivity contribution in [2.24, 2.45) is 0 Å². The van der Waals surface area contributed by atoms with Gasteiger partial charge >= 0.3 is 0 Å². The molecule has 12 rings (SSSR count). The van der Waals surface area contributed by atoms with Crippen molar-refractivity contribution in [3.05, 3.63) is 203 Å². The van der Waals surface area contributed by atoms with E-state index in [1.165, 1.54) is 11.1 Å². The van der Waals surface area contributed by atoms with E-state index in [1.807, 2.05) is 18.2 Å². The molecule has 71 heavy (non-hydrogen) atoms. The van der Waals surface area contributed by atoms with E-state index in [1.54, 1.807) is 6.07 Å². The second-order valence-corrected chi connectivity index (χ2v) is 21.6. The van der Waals surface area contributed by atoms with E-state index < -0.39 is 0 Å². The maximum absolute atomic E-state index is 11.4. The predicted molar refractivity (Wildman–Crippen MR) is 295 cm³/mol. The summed E-state index contributed by atoms with van der Waals surface area (Å²) in [5, 5.41) is 13.5. The zero-order chi connectivity index (χ0) is 48.9. The molecule has 0 bridgehead atoms. The molecule has 8 aromatic carbocycles. The van der Waals surface area contributed by atoms with Gasteiger partial charge < -0.3 is 9.52 Å². The fourth-order valence-corrected chi connectivity index (χ4v) is 11.1.